The quantitative estimate of drug-likeness (QED) is 0.773. The van der Waals surface area contributed by atoms with Gasteiger partial charge < -0.3 is 0 Å². The van der Waals surface area contributed by atoms with E-state index in [2.05, 4.69) is 0 Å². The molecule has 94 valence electrons. The maximum Gasteiger partial charge on any atom is 0.265 e. The maximum absolute atomic E-state index is 12.1. The largest absolute Gasteiger partial charge is 0.299 e. The van der Waals surface area contributed by atoms with Crippen molar-refractivity contribution in [3.8, 4) is 0 Å². The fraction of sp³-hybridized carbons (Fsp3) is 0.909. The first-order valence-electron chi connectivity index (χ1n) is 5.63. The Kier molecular flexibility index (Phi) is 3.50. The van der Waals surface area contributed by atoms with Gasteiger partial charge >= 0.3 is 0 Å². The van der Waals surface area contributed by atoms with Gasteiger partial charge in [-0.25, -0.2) is 0 Å². The van der Waals surface area contributed by atoms with E-state index in [1.165, 1.54) is 0 Å². The van der Waals surface area contributed by atoms with Crippen LogP contribution in [0.3, 0.4) is 0 Å². The average Bonchev–Trinajstić information content (AvgIpc) is 2.39. The number of hydrogen-bond acceptors (Lipinski definition) is 3. The summed E-state index contributed by atoms with van der Waals surface area (Å²) >= 11 is 0. The zero-order valence-corrected chi connectivity index (χ0v) is 10.9. The summed E-state index contributed by atoms with van der Waals surface area (Å²) in [6.45, 7) is 5.57. The molecule has 1 atom stereocenters. The Balaban J connectivity index is 3.18. The topological polar surface area (TPSA) is 71.4 Å². The summed E-state index contributed by atoms with van der Waals surface area (Å²) in [5.74, 6) is -0.479. The monoisotopic (exact) mass is 248 g/mol. The highest BCUT2D eigenvalue weighted by Gasteiger charge is 2.54. The van der Waals surface area contributed by atoms with Crippen molar-refractivity contribution < 1.29 is 17.8 Å². The molecule has 16 heavy (non-hydrogen) atoms. The Morgan fingerprint density at radius 1 is 1.31 bits per heavy atom. The van der Waals surface area contributed by atoms with Gasteiger partial charge in [0.25, 0.3) is 10.1 Å². The van der Waals surface area contributed by atoms with Gasteiger partial charge in [0.05, 0.1) is 11.2 Å². The van der Waals surface area contributed by atoms with Crippen LogP contribution in [0.1, 0.15) is 46.5 Å². The molecule has 0 spiro atoms. The first-order valence-corrected chi connectivity index (χ1v) is 7.24. The lowest BCUT2D eigenvalue weighted by molar-refractivity contribution is -0.132. The molecule has 0 amide bonds. The number of hydrogen-bond donors (Lipinski definition) is 1. The Labute approximate surface area is 97.2 Å². The second-order valence-corrected chi connectivity index (χ2v) is 6.78. The minimum atomic E-state index is -4.11. The first-order chi connectivity index (χ1) is 7.15. The van der Waals surface area contributed by atoms with E-state index in [4.69, 9.17) is 4.55 Å². The Morgan fingerprint density at radius 3 is 2.19 bits per heavy atom. The van der Waals surface area contributed by atoms with Gasteiger partial charge in [0.15, 0.2) is 0 Å². The van der Waals surface area contributed by atoms with Gasteiger partial charge in [-0.15, -0.1) is 0 Å². The van der Waals surface area contributed by atoms with E-state index >= 15 is 0 Å². The van der Waals surface area contributed by atoms with Gasteiger partial charge in [0.2, 0.25) is 0 Å². The lowest BCUT2D eigenvalue weighted by Gasteiger charge is -2.39. The van der Waals surface area contributed by atoms with Gasteiger partial charge in [-0.2, -0.15) is 8.42 Å². The molecule has 5 heteroatoms. The summed E-state index contributed by atoms with van der Waals surface area (Å²) in [7, 11) is -4.11. The van der Waals surface area contributed by atoms with Gasteiger partial charge in [0.1, 0.15) is 5.78 Å². The van der Waals surface area contributed by atoms with E-state index in [1.807, 2.05) is 13.8 Å². The molecule has 4 nitrogen and oxygen atoms in total. The summed E-state index contributed by atoms with van der Waals surface area (Å²) in [4.78, 5) is 12.1. The summed E-state index contributed by atoms with van der Waals surface area (Å²) in [5.41, 5.74) is -1.24. The molecule has 0 radical (unpaired) electrons. The smallest absolute Gasteiger partial charge is 0.265 e. The van der Waals surface area contributed by atoms with Gasteiger partial charge in [0, 0.05) is 6.42 Å². The van der Waals surface area contributed by atoms with Crippen molar-refractivity contribution in [1.29, 1.82) is 0 Å². The predicted octanol–water partition coefficient (Wildman–Crippen LogP) is 2.05. The average molecular weight is 248 g/mol. The lowest BCUT2D eigenvalue weighted by Crippen LogP contribution is -2.45. The van der Waals surface area contributed by atoms with Crippen molar-refractivity contribution in [1.82, 2.24) is 0 Å². The molecule has 0 aromatic rings. The van der Waals surface area contributed by atoms with Gasteiger partial charge in [-0.1, -0.05) is 27.2 Å². The molecular formula is C11H20O4S. The van der Waals surface area contributed by atoms with Crippen LogP contribution in [-0.2, 0) is 14.9 Å². The molecule has 1 saturated carbocycles. The maximum atomic E-state index is 12.1. The molecule has 0 aliphatic heterocycles. The lowest BCUT2D eigenvalue weighted by atomic mass is 9.66. The van der Waals surface area contributed by atoms with E-state index in [0.717, 1.165) is 12.8 Å². The standard InChI is InChI=1S/C11H20O4S/c1-4-9(12)11(8-16(13,14)15)7-5-6-10(11,2)3/h4-8H2,1-3H3,(H,13,14,15). The van der Waals surface area contributed by atoms with E-state index in [0.29, 0.717) is 12.8 Å². The molecule has 0 saturated heterocycles. The molecule has 0 aromatic heterocycles. The van der Waals surface area contributed by atoms with Crippen LogP contribution in [0.2, 0.25) is 0 Å². The number of carbonyl (C=O) groups is 1. The summed E-state index contributed by atoms with van der Waals surface area (Å²) in [6.07, 6.45) is 2.55. The van der Waals surface area contributed by atoms with Crippen LogP contribution in [0.15, 0.2) is 0 Å². The Bertz CT molecular complexity index is 383. The Hall–Kier alpha value is -0.420. The van der Waals surface area contributed by atoms with Crippen molar-refractivity contribution in [3.05, 3.63) is 0 Å². The molecule has 0 aromatic carbocycles. The fourth-order valence-corrected chi connectivity index (χ4v) is 4.24. The van der Waals surface area contributed by atoms with E-state index in [1.54, 1.807) is 6.92 Å². The highest BCUT2D eigenvalue weighted by molar-refractivity contribution is 7.85. The number of ketones is 1. The van der Waals surface area contributed by atoms with Gasteiger partial charge in [-0.05, 0) is 18.3 Å². The van der Waals surface area contributed by atoms with Crippen LogP contribution < -0.4 is 0 Å². The predicted molar refractivity (Wildman–Crippen MR) is 61.8 cm³/mol. The third kappa shape index (κ3) is 2.30. The van der Waals surface area contributed by atoms with Crippen molar-refractivity contribution >= 4 is 15.9 Å². The van der Waals surface area contributed by atoms with E-state index < -0.39 is 21.3 Å². The van der Waals surface area contributed by atoms with Crippen LogP contribution in [0, 0.1) is 10.8 Å². The van der Waals surface area contributed by atoms with E-state index in [9.17, 15) is 13.2 Å². The minimum Gasteiger partial charge on any atom is -0.299 e. The zero-order chi connectivity index (χ0) is 12.6. The number of Topliss-reactive ketones (excluding diaryl/α,β-unsaturated/α-hetero) is 1. The number of carbonyl (C=O) groups excluding carboxylic acids is 1. The highest BCUT2D eigenvalue weighted by atomic mass is 32.2. The molecule has 1 N–H and O–H groups in total. The summed E-state index contributed by atoms with van der Waals surface area (Å²) < 4.78 is 31.2. The van der Waals surface area contributed by atoms with Gasteiger partial charge in [-0.3, -0.25) is 9.35 Å². The Morgan fingerprint density at radius 2 is 1.88 bits per heavy atom. The first kappa shape index (κ1) is 13.6. The normalized spacial score (nSPS) is 29.2. The fourth-order valence-electron chi connectivity index (χ4n) is 2.92. The third-order valence-electron chi connectivity index (χ3n) is 3.98. The molecule has 0 bridgehead atoms. The summed E-state index contributed by atoms with van der Waals surface area (Å²) in [6, 6.07) is 0. The van der Waals surface area contributed by atoms with Crippen molar-refractivity contribution in [2.45, 2.75) is 46.5 Å². The van der Waals surface area contributed by atoms with Crippen LogP contribution in [-0.4, -0.2) is 24.5 Å². The van der Waals surface area contributed by atoms with E-state index in [-0.39, 0.29) is 11.2 Å². The molecule has 1 fully saturated rings. The highest BCUT2D eigenvalue weighted by Crippen LogP contribution is 2.54. The van der Waals surface area contributed by atoms with Crippen LogP contribution in [0.25, 0.3) is 0 Å². The van der Waals surface area contributed by atoms with Crippen LogP contribution in [0.5, 0.6) is 0 Å². The van der Waals surface area contributed by atoms with Crippen molar-refractivity contribution in [2.75, 3.05) is 5.75 Å². The van der Waals surface area contributed by atoms with Crippen LogP contribution >= 0.6 is 0 Å². The second-order valence-electron chi connectivity index (χ2n) is 5.32. The second kappa shape index (κ2) is 4.11. The summed E-state index contributed by atoms with van der Waals surface area (Å²) in [5, 5.41) is 0. The molecule has 1 aliphatic carbocycles. The van der Waals surface area contributed by atoms with Crippen molar-refractivity contribution in [2.24, 2.45) is 10.8 Å². The zero-order valence-electron chi connectivity index (χ0n) is 10.1. The molecule has 1 rings (SSSR count). The van der Waals surface area contributed by atoms with Crippen LogP contribution in [0.4, 0.5) is 0 Å². The van der Waals surface area contributed by atoms with Crippen molar-refractivity contribution in [3.63, 3.8) is 0 Å². The SMILES string of the molecule is CCC(=O)C1(CS(=O)(=O)O)CCCC1(C)C. The molecular weight excluding hydrogens is 228 g/mol. The molecule has 0 heterocycles. The molecule has 1 unspecified atom stereocenters. The molecule has 1 aliphatic rings. The minimum absolute atomic E-state index is 0.0485. The number of rotatable bonds is 4. The third-order valence-corrected chi connectivity index (χ3v) is 4.84.